The molecule has 0 N–H and O–H groups in total. The molecule has 1 aromatic carbocycles. The van der Waals surface area contributed by atoms with Crippen molar-refractivity contribution in [2.75, 3.05) is 0 Å². The Balaban J connectivity index is 3.13. The van der Waals surface area contributed by atoms with Crippen LogP contribution in [0, 0.1) is 5.39 Å². The number of rotatable bonds is 1. The van der Waals surface area contributed by atoms with Crippen molar-refractivity contribution in [2.45, 2.75) is 0 Å². The first kappa shape index (κ1) is 7.22. The number of carbonyl (C=O) groups is 1. The van der Waals surface area contributed by atoms with Crippen molar-refractivity contribution in [2.24, 2.45) is 0 Å². The van der Waals surface area contributed by atoms with Gasteiger partial charge < -0.3 is 9.90 Å². The Morgan fingerprint density at radius 3 is 2.82 bits per heavy atom. The average Bonchev–Trinajstić information content (AvgIpc) is 2.05. The average molecular weight is 148 g/mol. The minimum atomic E-state index is -1.28. The Morgan fingerprint density at radius 1 is 1.55 bits per heavy atom. The number of carboxylic acid groups (broad SMARTS) is 1. The third-order valence-corrected chi connectivity index (χ3v) is 1.20. The van der Waals surface area contributed by atoms with Gasteiger partial charge in [-0.2, -0.15) is 0 Å². The predicted molar refractivity (Wildman–Crippen MR) is 35.5 cm³/mol. The Morgan fingerprint density at radius 2 is 2.27 bits per heavy atom. The smallest absolute Gasteiger partial charge is 0.385 e. The van der Waals surface area contributed by atoms with Crippen LogP contribution in [0.25, 0.3) is 4.98 Å². The summed E-state index contributed by atoms with van der Waals surface area (Å²) in [5.41, 5.74) is 0.201. The van der Waals surface area contributed by atoms with Gasteiger partial charge in [0.2, 0.25) is 5.39 Å². The van der Waals surface area contributed by atoms with Crippen molar-refractivity contribution in [1.29, 1.82) is 5.39 Å². The number of carboxylic acids is 1. The Kier molecular flexibility index (Phi) is 1.83. The molecule has 4 heteroatoms. The SMILES string of the molecule is N#[N+]c1cccc(C(=O)[O-])c1. The Hall–Kier alpha value is -1.89. The zero-order valence-electron chi connectivity index (χ0n) is 5.52. The number of benzene rings is 1. The topological polar surface area (TPSA) is 68.3 Å². The van der Waals surface area contributed by atoms with E-state index in [0.717, 1.165) is 0 Å². The first-order valence-electron chi connectivity index (χ1n) is 2.90. The van der Waals surface area contributed by atoms with Gasteiger partial charge >= 0.3 is 5.69 Å². The van der Waals surface area contributed by atoms with E-state index in [1.807, 2.05) is 0 Å². The highest BCUT2D eigenvalue weighted by Gasteiger charge is 2.03. The zero-order valence-corrected chi connectivity index (χ0v) is 5.52. The molecule has 0 saturated carbocycles. The molecule has 0 aliphatic rings. The van der Waals surface area contributed by atoms with E-state index >= 15 is 0 Å². The van der Waals surface area contributed by atoms with Crippen LogP contribution in [-0.2, 0) is 0 Å². The summed E-state index contributed by atoms with van der Waals surface area (Å²) in [6.45, 7) is 0. The van der Waals surface area contributed by atoms with E-state index < -0.39 is 5.97 Å². The lowest BCUT2D eigenvalue weighted by molar-refractivity contribution is -0.255. The number of hydrogen-bond acceptors (Lipinski definition) is 3. The summed E-state index contributed by atoms with van der Waals surface area (Å²) in [4.78, 5) is 13.1. The number of carbonyl (C=O) groups excluding carboxylic acids is 1. The quantitative estimate of drug-likeness (QED) is 0.545. The molecule has 0 aromatic heterocycles. The van der Waals surface area contributed by atoms with E-state index in [4.69, 9.17) is 5.39 Å². The molecular weight excluding hydrogens is 144 g/mol. The van der Waals surface area contributed by atoms with E-state index in [2.05, 4.69) is 4.98 Å². The molecule has 0 radical (unpaired) electrons. The van der Waals surface area contributed by atoms with E-state index in [-0.39, 0.29) is 11.3 Å². The second-order valence-corrected chi connectivity index (χ2v) is 1.94. The zero-order chi connectivity index (χ0) is 8.27. The molecular formula is C7H4N2O2. The van der Waals surface area contributed by atoms with Crippen LogP contribution in [0.3, 0.4) is 0 Å². The van der Waals surface area contributed by atoms with Gasteiger partial charge in [-0.1, -0.05) is 12.1 Å². The molecule has 0 atom stereocenters. The molecule has 4 nitrogen and oxygen atoms in total. The van der Waals surface area contributed by atoms with Crippen molar-refractivity contribution in [3.63, 3.8) is 0 Å². The maximum Gasteiger partial charge on any atom is 0.385 e. The van der Waals surface area contributed by atoms with Crippen molar-refractivity contribution in [3.8, 4) is 0 Å². The van der Waals surface area contributed by atoms with E-state index in [1.54, 1.807) is 0 Å². The summed E-state index contributed by atoms with van der Waals surface area (Å²) in [7, 11) is 0. The predicted octanol–water partition coefficient (Wildman–Crippen LogP) is 0.535. The van der Waals surface area contributed by atoms with Crippen molar-refractivity contribution in [1.82, 2.24) is 0 Å². The molecule has 0 aliphatic carbocycles. The summed E-state index contributed by atoms with van der Waals surface area (Å²) in [5, 5.41) is 18.5. The maximum atomic E-state index is 10.2. The molecule has 0 spiro atoms. The molecule has 0 aliphatic heterocycles. The van der Waals surface area contributed by atoms with E-state index in [1.165, 1.54) is 24.3 Å². The molecule has 1 aromatic rings. The van der Waals surface area contributed by atoms with Gasteiger partial charge in [0, 0.05) is 17.7 Å². The molecule has 0 heterocycles. The van der Waals surface area contributed by atoms with Gasteiger partial charge in [0.25, 0.3) is 0 Å². The molecule has 11 heavy (non-hydrogen) atoms. The fourth-order valence-electron chi connectivity index (χ4n) is 0.695. The van der Waals surface area contributed by atoms with Crippen LogP contribution in [0.15, 0.2) is 24.3 Å². The summed E-state index contributed by atoms with van der Waals surface area (Å²) < 4.78 is 0. The van der Waals surface area contributed by atoms with Gasteiger partial charge in [-0.25, -0.2) is 0 Å². The van der Waals surface area contributed by atoms with Crippen LogP contribution in [0.4, 0.5) is 5.69 Å². The summed E-state index contributed by atoms with van der Waals surface area (Å²) in [6.07, 6.45) is 0. The molecule has 0 bridgehead atoms. The molecule has 0 saturated heterocycles. The fraction of sp³-hybridized carbons (Fsp3) is 0. The minimum Gasteiger partial charge on any atom is -0.545 e. The molecule has 0 fully saturated rings. The lowest BCUT2D eigenvalue weighted by Gasteiger charge is -1.96. The van der Waals surface area contributed by atoms with Gasteiger partial charge in [-0.05, 0) is 0 Å². The largest absolute Gasteiger partial charge is 0.545 e. The third kappa shape index (κ3) is 1.52. The third-order valence-electron chi connectivity index (χ3n) is 1.20. The van der Waals surface area contributed by atoms with E-state index in [9.17, 15) is 9.90 Å². The number of aromatic carboxylic acids is 1. The second kappa shape index (κ2) is 2.80. The molecule has 1 rings (SSSR count). The molecule has 0 amide bonds. The first-order chi connectivity index (χ1) is 5.24. The molecule has 54 valence electrons. The monoisotopic (exact) mass is 148 g/mol. The van der Waals surface area contributed by atoms with E-state index in [0.29, 0.717) is 0 Å². The Bertz CT molecular complexity index is 327. The first-order valence-corrected chi connectivity index (χ1v) is 2.90. The maximum absolute atomic E-state index is 10.2. The summed E-state index contributed by atoms with van der Waals surface area (Å²) >= 11 is 0. The fourth-order valence-corrected chi connectivity index (χ4v) is 0.695. The number of diazo groups is 1. The van der Waals surface area contributed by atoms with Crippen LogP contribution >= 0.6 is 0 Å². The van der Waals surface area contributed by atoms with Crippen molar-refractivity contribution >= 4 is 11.7 Å². The number of nitrogens with zero attached hydrogens (tertiary/aromatic N) is 2. The highest BCUT2D eigenvalue weighted by Crippen LogP contribution is 2.12. The molecule has 0 unspecified atom stereocenters. The standard InChI is InChI=1S/C7H4N2O2/c8-9-6-3-1-2-5(4-6)7(10)11/h1-4H. The lowest BCUT2D eigenvalue weighted by Crippen LogP contribution is -2.21. The normalized spacial score (nSPS) is 8.64. The summed E-state index contributed by atoms with van der Waals surface area (Å²) in [6, 6.07) is 5.53. The second-order valence-electron chi connectivity index (χ2n) is 1.94. The lowest BCUT2D eigenvalue weighted by atomic mass is 10.2. The van der Waals surface area contributed by atoms with Crippen molar-refractivity contribution in [3.05, 3.63) is 34.8 Å². The van der Waals surface area contributed by atoms with Crippen LogP contribution < -0.4 is 5.11 Å². The van der Waals surface area contributed by atoms with Crippen LogP contribution in [0.5, 0.6) is 0 Å². The Labute approximate surface area is 62.7 Å². The van der Waals surface area contributed by atoms with Crippen LogP contribution in [-0.4, -0.2) is 5.97 Å². The van der Waals surface area contributed by atoms with Gasteiger partial charge in [0.05, 0.1) is 5.97 Å². The van der Waals surface area contributed by atoms with Gasteiger partial charge in [0.15, 0.2) is 4.98 Å². The van der Waals surface area contributed by atoms with Gasteiger partial charge in [0.1, 0.15) is 0 Å². The van der Waals surface area contributed by atoms with Gasteiger partial charge in [-0.3, -0.25) is 0 Å². The van der Waals surface area contributed by atoms with Crippen LogP contribution in [0.2, 0.25) is 0 Å². The summed E-state index contributed by atoms with van der Waals surface area (Å²) in [5.74, 6) is -1.28. The minimum absolute atomic E-state index is 0.000278. The highest BCUT2D eigenvalue weighted by atomic mass is 16.4. The number of hydrogen-bond donors (Lipinski definition) is 0. The van der Waals surface area contributed by atoms with Gasteiger partial charge in [-0.15, -0.1) is 0 Å². The van der Waals surface area contributed by atoms with Crippen LogP contribution in [0.1, 0.15) is 10.4 Å². The van der Waals surface area contributed by atoms with Crippen molar-refractivity contribution < 1.29 is 9.90 Å². The highest BCUT2D eigenvalue weighted by molar-refractivity contribution is 5.87.